The molecule has 13 heteroatoms. The molecule has 2 amide bonds. The number of anilines is 2. The number of hydrogen-bond acceptors (Lipinski definition) is 6. The van der Waals surface area contributed by atoms with E-state index in [4.69, 9.17) is 4.74 Å². The molecule has 2 N–H and O–H groups in total. The minimum atomic E-state index is -5.13. The van der Waals surface area contributed by atoms with E-state index in [0.717, 1.165) is 12.1 Å². The van der Waals surface area contributed by atoms with Crippen LogP contribution in [-0.4, -0.2) is 28.9 Å². The van der Waals surface area contributed by atoms with Gasteiger partial charge in [-0.25, -0.2) is 4.79 Å². The van der Waals surface area contributed by atoms with Gasteiger partial charge in [0.05, 0.1) is 16.2 Å². The first kappa shape index (κ1) is 24.9. The summed E-state index contributed by atoms with van der Waals surface area (Å²) in [5, 5.41) is 15.9. The minimum absolute atomic E-state index is 0.0302. The average Bonchev–Trinajstić information content (AvgIpc) is 2.59. The average molecular weight is 520 g/mol. The van der Waals surface area contributed by atoms with Gasteiger partial charge in [-0.2, -0.15) is 0 Å². The van der Waals surface area contributed by atoms with Gasteiger partial charge in [-0.15, -0.1) is 13.2 Å². The van der Waals surface area contributed by atoms with E-state index in [1.54, 1.807) is 20.8 Å². The van der Waals surface area contributed by atoms with Gasteiger partial charge in [0.25, 0.3) is 5.91 Å². The molecule has 0 bridgehead atoms. The minimum Gasteiger partial charge on any atom is -0.444 e. The molecule has 0 aliphatic heterocycles. The molecule has 0 unspecified atom stereocenters. The lowest BCUT2D eigenvalue weighted by molar-refractivity contribution is -0.388. The van der Waals surface area contributed by atoms with E-state index in [0.29, 0.717) is 10.5 Å². The second kappa shape index (κ2) is 9.42. The zero-order chi connectivity index (χ0) is 24.3. The predicted molar refractivity (Wildman–Crippen MR) is 112 cm³/mol. The molecular weight excluding hydrogens is 503 g/mol. The Morgan fingerprint density at radius 1 is 1.06 bits per heavy atom. The number of hydrogen-bond donors (Lipinski definition) is 2. The van der Waals surface area contributed by atoms with E-state index < -0.39 is 40.3 Å². The molecule has 0 radical (unpaired) electrons. The van der Waals surface area contributed by atoms with Crippen LogP contribution in [0, 0.1) is 10.1 Å². The van der Waals surface area contributed by atoms with Gasteiger partial charge in [-0.3, -0.25) is 20.2 Å². The van der Waals surface area contributed by atoms with Crippen LogP contribution in [0.25, 0.3) is 0 Å². The van der Waals surface area contributed by atoms with Crippen molar-refractivity contribution in [2.45, 2.75) is 32.7 Å². The van der Waals surface area contributed by atoms with Gasteiger partial charge in [0, 0.05) is 16.2 Å². The highest BCUT2D eigenvalue weighted by atomic mass is 79.9. The molecule has 0 aliphatic rings. The Bertz CT molecular complexity index is 1050. The molecule has 2 aromatic rings. The van der Waals surface area contributed by atoms with Gasteiger partial charge in [-0.1, -0.05) is 15.9 Å². The Morgan fingerprint density at radius 2 is 1.72 bits per heavy atom. The topological polar surface area (TPSA) is 120 Å². The smallest absolute Gasteiger partial charge is 0.444 e. The third-order valence-corrected chi connectivity index (χ3v) is 3.99. The Morgan fingerprint density at radius 3 is 2.28 bits per heavy atom. The highest BCUT2D eigenvalue weighted by molar-refractivity contribution is 9.10. The number of benzene rings is 2. The highest BCUT2D eigenvalue weighted by Gasteiger charge is 2.34. The number of carbonyl (C=O) groups excluding carboxylic acids is 2. The Hall–Kier alpha value is -3.35. The fraction of sp³-hybridized carbons (Fsp3) is 0.263. The first-order chi connectivity index (χ1) is 14.6. The molecule has 172 valence electrons. The summed E-state index contributed by atoms with van der Waals surface area (Å²) in [6.07, 6.45) is -5.95. The number of rotatable bonds is 5. The van der Waals surface area contributed by atoms with Crippen molar-refractivity contribution in [3.63, 3.8) is 0 Å². The molecule has 0 atom stereocenters. The van der Waals surface area contributed by atoms with Crippen molar-refractivity contribution in [2.24, 2.45) is 0 Å². The summed E-state index contributed by atoms with van der Waals surface area (Å²) in [7, 11) is 0. The number of nitrogens with one attached hydrogen (secondary N) is 2. The first-order valence-corrected chi connectivity index (χ1v) is 9.59. The van der Waals surface area contributed by atoms with Crippen LogP contribution in [0.15, 0.2) is 40.9 Å². The monoisotopic (exact) mass is 519 g/mol. The first-order valence-electron chi connectivity index (χ1n) is 8.80. The summed E-state index contributed by atoms with van der Waals surface area (Å²) >= 11 is 3.22. The van der Waals surface area contributed by atoms with Crippen molar-refractivity contribution < 1.29 is 37.2 Å². The van der Waals surface area contributed by atoms with Crippen LogP contribution in [-0.2, 0) is 4.74 Å². The van der Waals surface area contributed by atoms with Crippen LogP contribution in [0.3, 0.4) is 0 Å². The molecule has 0 saturated carbocycles. The Kier molecular flexibility index (Phi) is 7.34. The van der Waals surface area contributed by atoms with E-state index >= 15 is 0 Å². The van der Waals surface area contributed by atoms with Gasteiger partial charge >= 0.3 is 18.1 Å². The number of nitro groups is 1. The van der Waals surface area contributed by atoms with Gasteiger partial charge < -0.3 is 14.8 Å². The third-order valence-electron chi connectivity index (χ3n) is 3.50. The summed E-state index contributed by atoms with van der Waals surface area (Å²) in [4.78, 5) is 34.8. The molecule has 0 spiro atoms. The van der Waals surface area contributed by atoms with Crippen molar-refractivity contribution in [2.75, 3.05) is 10.6 Å². The number of alkyl halides is 3. The zero-order valence-corrected chi connectivity index (χ0v) is 18.5. The summed E-state index contributed by atoms with van der Waals surface area (Å²) in [5.74, 6) is -1.82. The quantitative estimate of drug-likeness (QED) is 0.377. The van der Waals surface area contributed by atoms with Crippen molar-refractivity contribution in [1.82, 2.24) is 0 Å². The molecule has 0 heterocycles. The fourth-order valence-electron chi connectivity index (χ4n) is 2.38. The summed E-state index contributed by atoms with van der Waals surface area (Å²) in [6, 6.07) is 6.74. The molecule has 0 fully saturated rings. The number of carbonyl (C=O) groups is 2. The molecule has 0 saturated heterocycles. The second-order valence-electron chi connectivity index (χ2n) is 7.26. The lowest BCUT2D eigenvalue weighted by Gasteiger charge is -2.20. The van der Waals surface area contributed by atoms with Gasteiger partial charge in [0.15, 0.2) is 0 Å². The Labute approximate surface area is 188 Å². The SMILES string of the molecule is CC(C)(C)OC(=O)Nc1cc(Br)ccc1C(=O)Nc1ccc(OC(F)(F)F)c([N+](=O)[O-])c1. The predicted octanol–water partition coefficient (Wildman–Crippen LogP) is 5.86. The number of amides is 2. The van der Waals surface area contributed by atoms with Gasteiger partial charge in [0.2, 0.25) is 5.75 Å². The maximum absolute atomic E-state index is 12.7. The van der Waals surface area contributed by atoms with Crippen LogP contribution in [0.5, 0.6) is 5.75 Å². The van der Waals surface area contributed by atoms with Crippen molar-refractivity contribution in [3.8, 4) is 5.75 Å². The van der Waals surface area contributed by atoms with E-state index in [2.05, 4.69) is 31.3 Å². The van der Waals surface area contributed by atoms with Crippen molar-refractivity contribution in [1.29, 1.82) is 0 Å². The molecule has 2 aromatic carbocycles. The van der Waals surface area contributed by atoms with Crippen LogP contribution < -0.4 is 15.4 Å². The number of nitrogens with zero attached hydrogens (tertiary/aromatic N) is 1. The fourth-order valence-corrected chi connectivity index (χ4v) is 2.74. The van der Waals surface area contributed by atoms with Gasteiger partial charge in [0.1, 0.15) is 5.60 Å². The molecule has 0 aromatic heterocycles. The molecule has 9 nitrogen and oxygen atoms in total. The lowest BCUT2D eigenvalue weighted by Crippen LogP contribution is -2.28. The van der Waals surface area contributed by atoms with Crippen LogP contribution in [0.4, 0.5) is 35.0 Å². The zero-order valence-electron chi connectivity index (χ0n) is 16.9. The van der Waals surface area contributed by atoms with Crippen molar-refractivity contribution in [3.05, 3.63) is 56.5 Å². The summed E-state index contributed by atoms with van der Waals surface area (Å²) in [6.45, 7) is 4.96. The third kappa shape index (κ3) is 7.41. The number of nitro benzene ring substituents is 1. The molecule has 32 heavy (non-hydrogen) atoms. The molecule has 2 rings (SSSR count). The van der Waals surface area contributed by atoms with E-state index in [1.165, 1.54) is 18.2 Å². The molecule has 0 aliphatic carbocycles. The Balaban J connectivity index is 2.30. The van der Waals surface area contributed by atoms with E-state index in [-0.39, 0.29) is 16.9 Å². The standard InChI is InChI=1S/C19H17BrF3N3O6/c1-18(2,3)32-17(28)25-13-8-10(20)4-6-12(13)16(27)24-11-5-7-15(31-19(21,22)23)14(9-11)26(29)30/h4-9H,1-3H3,(H,24,27)(H,25,28). The lowest BCUT2D eigenvalue weighted by atomic mass is 10.1. The summed E-state index contributed by atoms with van der Waals surface area (Å²) < 4.78 is 46.6. The number of halogens is 4. The number of ether oxygens (including phenoxy) is 2. The largest absolute Gasteiger partial charge is 0.573 e. The van der Waals surface area contributed by atoms with Crippen LogP contribution in [0.2, 0.25) is 0 Å². The van der Waals surface area contributed by atoms with Gasteiger partial charge in [-0.05, 0) is 51.1 Å². The maximum Gasteiger partial charge on any atom is 0.573 e. The van der Waals surface area contributed by atoms with Crippen molar-refractivity contribution >= 4 is 45.0 Å². The second-order valence-corrected chi connectivity index (χ2v) is 8.17. The highest BCUT2D eigenvalue weighted by Crippen LogP contribution is 2.34. The summed E-state index contributed by atoms with van der Waals surface area (Å²) in [5.41, 5.74) is -1.92. The molecular formula is C19H17BrF3N3O6. The van der Waals surface area contributed by atoms with E-state index in [9.17, 15) is 32.9 Å². The van der Waals surface area contributed by atoms with Crippen LogP contribution in [0.1, 0.15) is 31.1 Å². The van der Waals surface area contributed by atoms with E-state index in [1.807, 2.05) is 0 Å². The maximum atomic E-state index is 12.7. The normalized spacial score (nSPS) is 11.5. The van der Waals surface area contributed by atoms with Crippen LogP contribution >= 0.6 is 15.9 Å².